The van der Waals surface area contributed by atoms with Crippen molar-refractivity contribution in [2.24, 2.45) is 5.73 Å². The number of carbonyl (C=O) groups is 2. The van der Waals surface area contributed by atoms with Crippen LogP contribution in [0, 0.1) is 0 Å². The minimum Gasteiger partial charge on any atom is -0.369 e. The average Bonchev–Trinajstić information content (AvgIpc) is 2.87. The molecule has 8 nitrogen and oxygen atoms in total. The number of carbonyl (C=O) groups excluding carboxylic acids is 2. The summed E-state index contributed by atoms with van der Waals surface area (Å²) >= 11 is 0. The fourth-order valence-electron chi connectivity index (χ4n) is 2.75. The number of nitrogens with two attached hydrogens (primary N) is 1. The molecule has 1 aliphatic rings. The number of aromatic nitrogens is 2. The lowest BCUT2D eigenvalue weighted by Gasteiger charge is -2.21. The molecule has 0 unspecified atom stereocenters. The molecule has 2 heterocycles. The van der Waals surface area contributed by atoms with Gasteiger partial charge in [0, 0.05) is 44.9 Å². The molecule has 1 saturated heterocycles. The van der Waals surface area contributed by atoms with Crippen LogP contribution in [0.2, 0.25) is 0 Å². The first kappa shape index (κ1) is 18.4. The number of nitrogens with zero attached hydrogens (tertiary/aromatic N) is 4. The molecule has 1 fully saturated rings. The van der Waals surface area contributed by atoms with Gasteiger partial charge in [-0.25, -0.2) is 0 Å². The first-order valence-corrected chi connectivity index (χ1v) is 8.56. The second kappa shape index (κ2) is 8.77. The van der Waals surface area contributed by atoms with E-state index in [-0.39, 0.29) is 24.3 Å². The summed E-state index contributed by atoms with van der Waals surface area (Å²) in [6, 6.07) is 0. The maximum absolute atomic E-state index is 12.3. The Morgan fingerprint density at radius 2 is 2.04 bits per heavy atom. The van der Waals surface area contributed by atoms with Gasteiger partial charge in [0.05, 0.1) is 6.54 Å². The fraction of sp³-hybridized carbons (Fsp3) is 0.750. The Bertz CT molecular complexity index is 558. The summed E-state index contributed by atoms with van der Waals surface area (Å²) < 4.78 is 5.19. The third kappa shape index (κ3) is 5.59. The van der Waals surface area contributed by atoms with Crippen LogP contribution >= 0.6 is 0 Å². The summed E-state index contributed by atoms with van der Waals surface area (Å²) in [6.07, 6.45) is 2.64. The number of primary amides is 1. The quantitative estimate of drug-likeness (QED) is 0.778. The molecule has 8 heteroatoms. The van der Waals surface area contributed by atoms with Gasteiger partial charge in [0.25, 0.3) is 0 Å². The van der Waals surface area contributed by atoms with Crippen LogP contribution in [-0.2, 0) is 16.0 Å². The first-order chi connectivity index (χ1) is 11.5. The molecule has 0 saturated carbocycles. The third-order valence-electron chi connectivity index (χ3n) is 4.10. The monoisotopic (exact) mass is 337 g/mol. The summed E-state index contributed by atoms with van der Waals surface area (Å²) in [5, 5.41) is 3.92. The standard InChI is InChI=1S/C16H27N5O3/c1-12(2)16-18-14(24-19-16)5-3-6-15(23)21-8-4-7-20(9-10-21)11-13(17)22/h12H,3-11H2,1-2H3,(H2,17,22). The van der Waals surface area contributed by atoms with E-state index in [9.17, 15) is 9.59 Å². The molecule has 1 aliphatic heterocycles. The summed E-state index contributed by atoms with van der Waals surface area (Å²) in [4.78, 5) is 31.5. The Morgan fingerprint density at radius 3 is 2.71 bits per heavy atom. The number of hydrogen-bond acceptors (Lipinski definition) is 6. The van der Waals surface area contributed by atoms with Crippen molar-refractivity contribution < 1.29 is 14.1 Å². The van der Waals surface area contributed by atoms with Gasteiger partial charge in [0.2, 0.25) is 17.7 Å². The predicted octanol–water partition coefficient (Wildman–Crippen LogP) is 0.535. The molecular weight excluding hydrogens is 310 g/mol. The highest BCUT2D eigenvalue weighted by atomic mass is 16.5. The molecule has 0 aliphatic carbocycles. The molecule has 2 N–H and O–H groups in total. The summed E-state index contributed by atoms with van der Waals surface area (Å²) in [5.41, 5.74) is 5.23. The zero-order valence-corrected chi connectivity index (χ0v) is 14.5. The topological polar surface area (TPSA) is 106 Å². The van der Waals surface area contributed by atoms with Crippen molar-refractivity contribution in [1.29, 1.82) is 0 Å². The van der Waals surface area contributed by atoms with E-state index in [1.165, 1.54) is 0 Å². The highest BCUT2D eigenvalue weighted by molar-refractivity contribution is 5.76. The molecule has 0 radical (unpaired) electrons. The molecule has 2 rings (SSSR count). The Balaban J connectivity index is 1.72. The van der Waals surface area contributed by atoms with E-state index in [1.807, 2.05) is 23.6 Å². The van der Waals surface area contributed by atoms with Gasteiger partial charge < -0.3 is 15.2 Å². The van der Waals surface area contributed by atoms with E-state index in [4.69, 9.17) is 10.3 Å². The van der Waals surface area contributed by atoms with Crippen molar-refractivity contribution in [1.82, 2.24) is 19.9 Å². The molecule has 1 aromatic heterocycles. The fourth-order valence-corrected chi connectivity index (χ4v) is 2.75. The lowest BCUT2D eigenvalue weighted by molar-refractivity contribution is -0.131. The summed E-state index contributed by atoms with van der Waals surface area (Å²) in [7, 11) is 0. The smallest absolute Gasteiger partial charge is 0.231 e. The van der Waals surface area contributed by atoms with E-state index in [2.05, 4.69) is 10.1 Å². The van der Waals surface area contributed by atoms with Crippen LogP contribution in [0.5, 0.6) is 0 Å². The zero-order valence-electron chi connectivity index (χ0n) is 14.5. The van der Waals surface area contributed by atoms with Gasteiger partial charge >= 0.3 is 0 Å². The molecule has 0 aromatic carbocycles. The normalized spacial score (nSPS) is 16.4. The van der Waals surface area contributed by atoms with Crippen LogP contribution in [0.1, 0.15) is 50.7 Å². The van der Waals surface area contributed by atoms with Crippen LogP contribution in [0.3, 0.4) is 0 Å². The van der Waals surface area contributed by atoms with Gasteiger partial charge in [-0.1, -0.05) is 19.0 Å². The molecular formula is C16H27N5O3. The average molecular weight is 337 g/mol. The van der Waals surface area contributed by atoms with Crippen molar-refractivity contribution in [3.63, 3.8) is 0 Å². The van der Waals surface area contributed by atoms with Crippen LogP contribution < -0.4 is 5.73 Å². The van der Waals surface area contributed by atoms with Gasteiger partial charge in [-0.3, -0.25) is 14.5 Å². The van der Waals surface area contributed by atoms with Crippen LogP contribution in [0.4, 0.5) is 0 Å². The molecule has 134 valence electrons. The molecule has 24 heavy (non-hydrogen) atoms. The highest BCUT2D eigenvalue weighted by Crippen LogP contribution is 2.12. The second-order valence-corrected chi connectivity index (χ2v) is 6.53. The zero-order chi connectivity index (χ0) is 17.5. The second-order valence-electron chi connectivity index (χ2n) is 6.53. The lowest BCUT2D eigenvalue weighted by atomic mass is 10.2. The Morgan fingerprint density at radius 1 is 1.25 bits per heavy atom. The minimum absolute atomic E-state index is 0.138. The molecule has 1 aromatic rings. The number of amides is 2. The van der Waals surface area contributed by atoms with Crippen LogP contribution in [0.25, 0.3) is 0 Å². The summed E-state index contributed by atoms with van der Waals surface area (Å²) in [6.45, 7) is 7.15. The van der Waals surface area contributed by atoms with Crippen molar-refractivity contribution in [2.75, 3.05) is 32.7 Å². The first-order valence-electron chi connectivity index (χ1n) is 8.56. The van der Waals surface area contributed by atoms with E-state index < -0.39 is 0 Å². The molecule has 0 atom stereocenters. The van der Waals surface area contributed by atoms with E-state index in [0.29, 0.717) is 44.1 Å². The van der Waals surface area contributed by atoms with Gasteiger partial charge in [0.15, 0.2) is 5.82 Å². The predicted molar refractivity (Wildman–Crippen MR) is 88.2 cm³/mol. The Kier molecular flexibility index (Phi) is 6.72. The van der Waals surface area contributed by atoms with Crippen molar-refractivity contribution in [3.8, 4) is 0 Å². The Hall–Kier alpha value is -1.96. The van der Waals surface area contributed by atoms with Gasteiger partial charge in [-0.2, -0.15) is 4.98 Å². The number of aryl methyl sites for hydroxylation is 1. The van der Waals surface area contributed by atoms with Crippen molar-refractivity contribution in [3.05, 3.63) is 11.7 Å². The van der Waals surface area contributed by atoms with Crippen molar-refractivity contribution >= 4 is 11.8 Å². The van der Waals surface area contributed by atoms with E-state index in [0.717, 1.165) is 19.5 Å². The van der Waals surface area contributed by atoms with Crippen LogP contribution in [0.15, 0.2) is 4.52 Å². The van der Waals surface area contributed by atoms with Gasteiger partial charge in [0.1, 0.15) is 0 Å². The molecule has 2 amide bonds. The SMILES string of the molecule is CC(C)c1noc(CCCC(=O)N2CCCN(CC(N)=O)CC2)n1. The maximum atomic E-state index is 12.3. The van der Waals surface area contributed by atoms with Gasteiger partial charge in [-0.05, 0) is 12.8 Å². The van der Waals surface area contributed by atoms with Crippen LogP contribution in [-0.4, -0.2) is 64.5 Å². The minimum atomic E-state index is -0.324. The maximum Gasteiger partial charge on any atom is 0.231 e. The lowest BCUT2D eigenvalue weighted by Crippen LogP contribution is -2.38. The molecule has 0 spiro atoms. The van der Waals surface area contributed by atoms with E-state index in [1.54, 1.807) is 0 Å². The van der Waals surface area contributed by atoms with Crippen molar-refractivity contribution in [2.45, 2.75) is 45.4 Å². The highest BCUT2D eigenvalue weighted by Gasteiger charge is 2.20. The molecule has 0 bridgehead atoms. The summed E-state index contributed by atoms with van der Waals surface area (Å²) in [5.74, 6) is 1.35. The van der Waals surface area contributed by atoms with E-state index >= 15 is 0 Å². The largest absolute Gasteiger partial charge is 0.369 e. The third-order valence-corrected chi connectivity index (χ3v) is 4.10. The number of hydrogen-bond donors (Lipinski definition) is 1. The Labute approximate surface area is 142 Å². The van der Waals surface area contributed by atoms with Gasteiger partial charge in [-0.15, -0.1) is 0 Å². The number of rotatable bonds is 7.